The lowest BCUT2D eigenvalue weighted by molar-refractivity contribution is -0.123. The van der Waals surface area contributed by atoms with Gasteiger partial charge in [-0.1, -0.05) is 41.9 Å². The maximum absolute atomic E-state index is 12.0. The second kappa shape index (κ2) is 8.85. The molecule has 0 atom stereocenters. The molecule has 0 fully saturated rings. The number of benzene rings is 2. The Hall–Kier alpha value is -2.64. The van der Waals surface area contributed by atoms with Crippen LogP contribution in [0, 0.1) is 0 Å². The zero-order valence-electron chi connectivity index (χ0n) is 12.4. The number of carbonyl (C=O) groups excluding carboxylic acids is 2. The van der Waals surface area contributed by atoms with Crippen molar-refractivity contribution in [2.24, 2.45) is 0 Å². The Morgan fingerprint density at radius 2 is 1.67 bits per heavy atom. The molecule has 0 bridgehead atoms. The van der Waals surface area contributed by atoms with Crippen molar-refractivity contribution in [3.05, 3.63) is 65.2 Å². The van der Waals surface area contributed by atoms with Gasteiger partial charge in [0, 0.05) is 0 Å². The molecule has 0 aliphatic heterocycles. The van der Waals surface area contributed by atoms with Crippen LogP contribution < -0.4 is 20.9 Å². The molecule has 8 heteroatoms. The summed E-state index contributed by atoms with van der Waals surface area (Å²) in [6.45, 7) is -0.196. The number of carbonyl (C=O) groups is 2. The molecule has 0 saturated heterocycles. The first kappa shape index (κ1) is 17.7. The molecule has 0 aliphatic carbocycles. The summed E-state index contributed by atoms with van der Waals surface area (Å²) in [5, 5.41) is 2.65. The Balaban J connectivity index is 1.73. The monoisotopic (exact) mass is 363 g/mol. The molecule has 2 rings (SSSR count). The fourth-order valence-electron chi connectivity index (χ4n) is 1.68. The van der Waals surface area contributed by atoms with E-state index >= 15 is 0 Å². The smallest absolute Gasteiger partial charge is 0.276 e. The minimum absolute atomic E-state index is 0.0621. The van der Waals surface area contributed by atoms with Crippen LogP contribution in [0.1, 0.15) is 10.4 Å². The van der Waals surface area contributed by atoms with Crippen molar-refractivity contribution in [2.45, 2.75) is 0 Å². The molecule has 2 amide bonds. The number of para-hydroxylation sites is 1. The van der Waals surface area contributed by atoms with Gasteiger partial charge in [-0.2, -0.15) is 0 Å². The Morgan fingerprint density at radius 1 is 1.00 bits per heavy atom. The Labute approximate surface area is 149 Å². The summed E-state index contributed by atoms with van der Waals surface area (Å²) < 4.78 is 5.27. The first-order valence-electron chi connectivity index (χ1n) is 6.89. The molecule has 2 aromatic carbocycles. The molecule has 2 aromatic rings. The van der Waals surface area contributed by atoms with Crippen molar-refractivity contribution in [1.29, 1.82) is 0 Å². The van der Waals surface area contributed by atoms with Crippen LogP contribution in [-0.4, -0.2) is 23.5 Å². The Morgan fingerprint density at radius 3 is 2.38 bits per heavy atom. The van der Waals surface area contributed by atoms with Crippen LogP contribution in [0.3, 0.4) is 0 Å². The lowest BCUT2D eigenvalue weighted by Gasteiger charge is -2.11. The molecule has 0 saturated carbocycles. The molecular weight excluding hydrogens is 350 g/mol. The molecular formula is C16H14ClN3O3S. The van der Waals surface area contributed by atoms with Gasteiger partial charge in [-0.25, -0.2) is 0 Å². The molecule has 0 aliphatic rings. The molecule has 3 N–H and O–H groups in total. The molecule has 124 valence electrons. The third-order valence-corrected chi connectivity index (χ3v) is 3.31. The van der Waals surface area contributed by atoms with Crippen molar-refractivity contribution in [3.63, 3.8) is 0 Å². The maximum atomic E-state index is 12.0. The van der Waals surface area contributed by atoms with Gasteiger partial charge in [-0.15, -0.1) is 0 Å². The van der Waals surface area contributed by atoms with Crippen LogP contribution in [0.4, 0.5) is 0 Å². The molecule has 0 radical (unpaired) electrons. The molecule has 0 spiro atoms. The number of amides is 2. The summed E-state index contributed by atoms with van der Waals surface area (Å²) in [7, 11) is 0. The second-order valence-corrected chi connectivity index (χ2v) is 5.35. The van der Waals surface area contributed by atoms with E-state index < -0.39 is 11.8 Å². The van der Waals surface area contributed by atoms with Gasteiger partial charge in [-0.05, 0) is 36.5 Å². The van der Waals surface area contributed by atoms with E-state index in [0.29, 0.717) is 10.8 Å². The SMILES string of the molecule is O=C(COc1ccccc1)NNC(=S)NC(=O)c1ccccc1Cl. The summed E-state index contributed by atoms with van der Waals surface area (Å²) in [5.74, 6) is -0.358. The number of ether oxygens (including phenoxy) is 1. The number of nitrogens with one attached hydrogen (secondary N) is 3. The average Bonchev–Trinajstić information content (AvgIpc) is 2.59. The minimum Gasteiger partial charge on any atom is -0.484 e. The highest BCUT2D eigenvalue weighted by Crippen LogP contribution is 2.14. The highest BCUT2D eigenvalue weighted by molar-refractivity contribution is 7.80. The summed E-state index contributed by atoms with van der Waals surface area (Å²) in [4.78, 5) is 23.6. The Kier molecular flexibility index (Phi) is 6.53. The molecule has 0 heterocycles. The van der Waals surface area contributed by atoms with Crippen LogP contribution >= 0.6 is 23.8 Å². The van der Waals surface area contributed by atoms with E-state index in [1.54, 1.807) is 48.5 Å². The van der Waals surface area contributed by atoms with Gasteiger partial charge in [0.1, 0.15) is 5.75 Å². The van der Waals surface area contributed by atoms with Crippen molar-refractivity contribution in [3.8, 4) is 5.75 Å². The van der Waals surface area contributed by atoms with Gasteiger partial charge in [0.25, 0.3) is 11.8 Å². The zero-order valence-corrected chi connectivity index (χ0v) is 14.0. The van der Waals surface area contributed by atoms with Crippen LogP contribution in [0.15, 0.2) is 54.6 Å². The van der Waals surface area contributed by atoms with E-state index in [2.05, 4.69) is 16.2 Å². The lowest BCUT2D eigenvalue weighted by atomic mass is 10.2. The largest absolute Gasteiger partial charge is 0.484 e. The topological polar surface area (TPSA) is 79.5 Å². The second-order valence-electron chi connectivity index (χ2n) is 4.54. The van der Waals surface area contributed by atoms with Crippen molar-refractivity contribution in [2.75, 3.05) is 6.61 Å². The molecule has 0 aromatic heterocycles. The maximum Gasteiger partial charge on any atom is 0.276 e. The quantitative estimate of drug-likeness (QED) is 0.572. The fraction of sp³-hybridized carbons (Fsp3) is 0.0625. The van der Waals surface area contributed by atoms with E-state index in [9.17, 15) is 9.59 Å². The predicted octanol–water partition coefficient (Wildman–Crippen LogP) is 2.05. The van der Waals surface area contributed by atoms with Crippen LogP contribution in [0.2, 0.25) is 5.02 Å². The van der Waals surface area contributed by atoms with E-state index in [-0.39, 0.29) is 17.3 Å². The van der Waals surface area contributed by atoms with Crippen molar-refractivity contribution < 1.29 is 14.3 Å². The number of hydrazine groups is 1. The number of rotatable bonds is 4. The van der Waals surface area contributed by atoms with Crippen molar-refractivity contribution >= 4 is 40.7 Å². The first-order chi connectivity index (χ1) is 11.6. The third kappa shape index (κ3) is 5.53. The van der Waals surface area contributed by atoms with E-state index in [1.165, 1.54) is 0 Å². The van der Waals surface area contributed by atoms with Gasteiger partial charge in [0.15, 0.2) is 11.7 Å². The highest BCUT2D eigenvalue weighted by Gasteiger charge is 2.11. The molecule has 6 nitrogen and oxygen atoms in total. The summed E-state index contributed by atoms with van der Waals surface area (Å²) >= 11 is 10.8. The third-order valence-electron chi connectivity index (χ3n) is 2.77. The number of thiocarbonyl (C=S) groups is 1. The Bertz CT molecular complexity index is 740. The number of hydrogen-bond donors (Lipinski definition) is 3. The minimum atomic E-state index is -0.479. The average molecular weight is 364 g/mol. The standard InChI is InChI=1S/C16H14ClN3O3S/c17-13-9-5-4-8-12(13)15(22)18-16(24)20-19-14(21)10-23-11-6-2-1-3-7-11/h1-9H,10H2,(H,19,21)(H2,18,20,22,24). The molecule has 0 unspecified atom stereocenters. The predicted molar refractivity (Wildman–Crippen MR) is 94.7 cm³/mol. The number of hydrogen-bond acceptors (Lipinski definition) is 4. The fourth-order valence-corrected chi connectivity index (χ4v) is 2.04. The van der Waals surface area contributed by atoms with E-state index in [0.717, 1.165) is 0 Å². The number of halogens is 1. The molecule has 24 heavy (non-hydrogen) atoms. The first-order valence-corrected chi connectivity index (χ1v) is 7.67. The van der Waals surface area contributed by atoms with Crippen LogP contribution in [-0.2, 0) is 4.79 Å². The summed E-state index contributed by atoms with van der Waals surface area (Å²) in [6.07, 6.45) is 0. The van der Waals surface area contributed by atoms with Gasteiger partial charge in [-0.3, -0.25) is 25.8 Å². The zero-order chi connectivity index (χ0) is 17.4. The van der Waals surface area contributed by atoms with Crippen molar-refractivity contribution in [1.82, 2.24) is 16.2 Å². The van der Waals surface area contributed by atoms with Gasteiger partial charge < -0.3 is 4.74 Å². The highest BCUT2D eigenvalue weighted by atomic mass is 35.5. The summed E-state index contributed by atoms with van der Waals surface area (Å²) in [5.41, 5.74) is 5.02. The van der Waals surface area contributed by atoms with Gasteiger partial charge in [0.2, 0.25) is 0 Å². The van der Waals surface area contributed by atoms with Crippen LogP contribution in [0.5, 0.6) is 5.75 Å². The normalized spacial score (nSPS) is 9.71. The van der Waals surface area contributed by atoms with E-state index in [1.807, 2.05) is 6.07 Å². The van der Waals surface area contributed by atoms with Crippen LogP contribution in [0.25, 0.3) is 0 Å². The van der Waals surface area contributed by atoms with E-state index in [4.69, 9.17) is 28.6 Å². The van der Waals surface area contributed by atoms with Gasteiger partial charge >= 0.3 is 0 Å². The lowest BCUT2D eigenvalue weighted by Crippen LogP contribution is -2.49. The van der Waals surface area contributed by atoms with Gasteiger partial charge in [0.05, 0.1) is 10.6 Å². The summed E-state index contributed by atoms with van der Waals surface area (Å²) in [6, 6.07) is 15.4.